The Morgan fingerprint density at radius 3 is 2.67 bits per heavy atom. The fraction of sp³-hybridized carbons (Fsp3) is 0.375. The molecule has 1 atom stereocenters. The Morgan fingerprint density at radius 1 is 1.33 bits per heavy atom. The molecule has 5 nitrogen and oxygen atoms in total. The molecule has 112 valence electrons. The minimum absolute atomic E-state index is 0.194. The molecule has 0 aliphatic heterocycles. The molecule has 0 amide bonds. The normalized spacial score (nSPS) is 12.1. The molecule has 1 heterocycles. The first-order chi connectivity index (χ1) is 10.1. The van der Waals surface area contributed by atoms with Crippen molar-refractivity contribution >= 4 is 5.69 Å². The van der Waals surface area contributed by atoms with Gasteiger partial charge in [0.1, 0.15) is 0 Å². The van der Waals surface area contributed by atoms with E-state index >= 15 is 0 Å². The molecule has 21 heavy (non-hydrogen) atoms. The van der Waals surface area contributed by atoms with E-state index in [4.69, 9.17) is 0 Å². The molecule has 0 spiro atoms. The van der Waals surface area contributed by atoms with Crippen LogP contribution in [0.3, 0.4) is 0 Å². The first kappa shape index (κ1) is 15.3. The number of hydrogen-bond donors (Lipinski definition) is 1. The van der Waals surface area contributed by atoms with Gasteiger partial charge < -0.3 is 10.0 Å². The summed E-state index contributed by atoms with van der Waals surface area (Å²) in [5.74, 6) is 0. The Bertz CT molecular complexity index is 623. The second kappa shape index (κ2) is 7.04. The molecular weight excluding hydrogens is 266 g/mol. The van der Waals surface area contributed by atoms with E-state index in [9.17, 15) is 9.90 Å². The molecule has 1 N–H and O–H groups in total. The van der Waals surface area contributed by atoms with Gasteiger partial charge in [-0.2, -0.15) is 5.10 Å². The van der Waals surface area contributed by atoms with Gasteiger partial charge in [0, 0.05) is 19.7 Å². The lowest BCUT2D eigenvalue weighted by Crippen LogP contribution is -2.29. The highest BCUT2D eigenvalue weighted by Gasteiger charge is 2.06. The van der Waals surface area contributed by atoms with E-state index in [1.807, 2.05) is 30.1 Å². The number of hydrogen-bond acceptors (Lipinski definition) is 4. The molecule has 0 bridgehead atoms. The standard InChI is InChI=1S/C16H21N3O2/c1-13(20)12-19-16(21)10-15(11-17-19)18(2)9-8-14-6-4-3-5-7-14/h3-7,10-11,13,20H,8-9,12H2,1-2H3/t13-/m0/s1. The van der Waals surface area contributed by atoms with Crippen molar-refractivity contribution in [1.82, 2.24) is 9.78 Å². The lowest BCUT2D eigenvalue weighted by atomic mass is 10.1. The van der Waals surface area contributed by atoms with Crippen molar-refractivity contribution in [2.45, 2.75) is 26.0 Å². The predicted octanol–water partition coefficient (Wildman–Crippen LogP) is 1.30. The van der Waals surface area contributed by atoms with E-state index < -0.39 is 6.10 Å². The molecule has 0 aliphatic rings. The van der Waals surface area contributed by atoms with Crippen LogP contribution in [0, 0.1) is 0 Å². The average molecular weight is 287 g/mol. The van der Waals surface area contributed by atoms with Gasteiger partial charge in [0.15, 0.2) is 0 Å². The minimum Gasteiger partial charge on any atom is -0.391 e. The highest BCUT2D eigenvalue weighted by molar-refractivity contribution is 5.42. The Kier molecular flexibility index (Phi) is 5.11. The van der Waals surface area contributed by atoms with Gasteiger partial charge in [-0.15, -0.1) is 0 Å². The Balaban J connectivity index is 2.01. The summed E-state index contributed by atoms with van der Waals surface area (Å²) in [7, 11) is 1.94. The quantitative estimate of drug-likeness (QED) is 0.870. The zero-order valence-electron chi connectivity index (χ0n) is 12.4. The number of anilines is 1. The predicted molar refractivity (Wildman–Crippen MR) is 83.6 cm³/mol. The zero-order chi connectivity index (χ0) is 15.2. The topological polar surface area (TPSA) is 58.4 Å². The number of likely N-dealkylation sites (N-methyl/N-ethyl adjacent to an activating group) is 1. The van der Waals surface area contributed by atoms with Crippen LogP contribution in [0.2, 0.25) is 0 Å². The minimum atomic E-state index is -0.586. The molecule has 0 unspecified atom stereocenters. The van der Waals surface area contributed by atoms with Crippen LogP contribution >= 0.6 is 0 Å². The summed E-state index contributed by atoms with van der Waals surface area (Å²) < 4.78 is 1.28. The lowest BCUT2D eigenvalue weighted by molar-refractivity contribution is 0.166. The van der Waals surface area contributed by atoms with Gasteiger partial charge in [-0.05, 0) is 18.9 Å². The third kappa shape index (κ3) is 4.43. The Labute approximate surface area is 124 Å². The summed E-state index contributed by atoms with van der Waals surface area (Å²) in [6.45, 7) is 2.66. The molecule has 2 aromatic rings. The van der Waals surface area contributed by atoms with Gasteiger partial charge in [-0.25, -0.2) is 4.68 Å². The summed E-state index contributed by atoms with van der Waals surface area (Å²) in [5, 5.41) is 13.4. The van der Waals surface area contributed by atoms with Gasteiger partial charge in [0.25, 0.3) is 5.56 Å². The molecule has 5 heteroatoms. The van der Waals surface area contributed by atoms with Gasteiger partial charge in [-0.1, -0.05) is 30.3 Å². The van der Waals surface area contributed by atoms with Gasteiger partial charge in [-0.3, -0.25) is 4.79 Å². The smallest absolute Gasteiger partial charge is 0.268 e. The van der Waals surface area contributed by atoms with Gasteiger partial charge >= 0.3 is 0 Å². The molecule has 0 aliphatic carbocycles. The number of aliphatic hydroxyl groups excluding tert-OH is 1. The second-order valence-corrected chi connectivity index (χ2v) is 5.24. The molecule has 1 aromatic carbocycles. The van der Waals surface area contributed by atoms with E-state index in [1.165, 1.54) is 10.2 Å². The number of rotatable bonds is 6. The molecule has 2 rings (SSSR count). The first-order valence-electron chi connectivity index (χ1n) is 7.06. The number of aliphatic hydroxyl groups is 1. The van der Waals surface area contributed by atoms with Crippen LogP contribution < -0.4 is 10.5 Å². The molecule has 1 aromatic heterocycles. The molecule has 0 saturated carbocycles. The summed E-state index contributed by atoms with van der Waals surface area (Å²) in [4.78, 5) is 13.9. The maximum Gasteiger partial charge on any atom is 0.268 e. The van der Waals surface area contributed by atoms with E-state index in [2.05, 4.69) is 17.2 Å². The van der Waals surface area contributed by atoms with Crippen molar-refractivity contribution in [3.05, 3.63) is 58.5 Å². The van der Waals surface area contributed by atoms with Crippen LogP contribution in [0.4, 0.5) is 5.69 Å². The largest absolute Gasteiger partial charge is 0.391 e. The van der Waals surface area contributed by atoms with Crippen LogP contribution in [0.1, 0.15) is 12.5 Å². The number of nitrogens with zero attached hydrogens (tertiary/aromatic N) is 3. The number of aromatic nitrogens is 2. The maximum absolute atomic E-state index is 11.9. The van der Waals surface area contributed by atoms with E-state index in [1.54, 1.807) is 19.2 Å². The van der Waals surface area contributed by atoms with Crippen molar-refractivity contribution in [1.29, 1.82) is 0 Å². The molecular formula is C16H21N3O2. The van der Waals surface area contributed by atoms with E-state index in [0.717, 1.165) is 18.7 Å². The van der Waals surface area contributed by atoms with E-state index in [-0.39, 0.29) is 12.1 Å². The van der Waals surface area contributed by atoms with Crippen LogP contribution in [0.5, 0.6) is 0 Å². The van der Waals surface area contributed by atoms with Crippen molar-refractivity contribution in [2.75, 3.05) is 18.5 Å². The van der Waals surface area contributed by atoms with Crippen molar-refractivity contribution < 1.29 is 5.11 Å². The maximum atomic E-state index is 11.9. The van der Waals surface area contributed by atoms with Crippen molar-refractivity contribution in [3.63, 3.8) is 0 Å². The third-order valence-corrected chi connectivity index (χ3v) is 3.31. The SMILES string of the molecule is C[C@H](O)Cn1ncc(N(C)CCc2ccccc2)cc1=O. The first-order valence-corrected chi connectivity index (χ1v) is 7.06. The molecule has 0 radical (unpaired) electrons. The highest BCUT2D eigenvalue weighted by atomic mass is 16.3. The fourth-order valence-corrected chi connectivity index (χ4v) is 2.09. The van der Waals surface area contributed by atoms with Crippen LogP contribution in [0.15, 0.2) is 47.4 Å². The monoisotopic (exact) mass is 287 g/mol. The summed E-state index contributed by atoms with van der Waals surface area (Å²) >= 11 is 0. The van der Waals surface area contributed by atoms with Crippen molar-refractivity contribution in [2.24, 2.45) is 0 Å². The second-order valence-electron chi connectivity index (χ2n) is 5.24. The summed E-state index contributed by atoms with van der Waals surface area (Å²) in [6.07, 6.45) is 1.99. The molecule has 0 fully saturated rings. The summed E-state index contributed by atoms with van der Waals surface area (Å²) in [6, 6.07) is 11.8. The fourth-order valence-electron chi connectivity index (χ4n) is 2.09. The van der Waals surface area contributed by atoms with Crippen LogP contribution in [-0.2, 0) is 13.0 Å². The number of benzene rings is 1. The van der Waals surface area contributed by atoms with E-state index in [0.29, 0.717) is 0 Å². The van der Waals surface area contributed by atoms with Crippen LogP contribution in [-0.4, -0.2) is 34.6 Å². The summed E-state index contributed by atoms with van der Waals surface area (Å²) in [5.41, 5.74) is 1.86. The zero-order valence-corrected chi connectivity index (χ0v) is 12.4. The van der Waals surface area contributed by atoms with Gasteiger partial charge in [0.2, 0.25) is 0 Å². The van der Waals surface area contributed by atoms with Gasteiger partial charge in [0.05, 0.1) is 24.5 Å². The van der Waals surface area contributed by atoms with Crippen molar-refractivity contribution in [3.8, 4) is 0 Å². The molecule has 0 saturated heterocycles. The average Bonchev–Trinajstić information content (AvgIpc) is 2.47. The lowest BCUT2D eigenvalue weighted by Gasteiger charge is -2.19. The Morgan fingerprint density at radius 2 is 2.05 bits per heavy atom. The van der Waals surface area contributed by atoms with Crippen LogP contribution in [0.25, 0.3) is 0 Å². The Hall–Kier alpha value is -2.14. The highest BCUT2D eigenvalue weighted by Crippen LogP contribution is 2.09. The third-order valence-electron chi connectivity index (χ3n) is 3.31.